The lowest BCUT2D eigenvalue weighted by atomic mass is 10.2. The summed E-state index contributed by atoms with van der Waals surface area (Å²) in [4.78, 5) is 16.9. The Kier molecular flexibility index (Phi) is 5.78. The fourth-order valence-corrected chi connectivity index (χ4v) is 4.07. The SMILES string of the molecule is Cc1ccc(NC(=O)[C@@H](C)Sc2nc3cc(S(=O)(=O)N(C)C)ccc3o2)cc1. The van der Waals surface area contributed by atoms with Crippen LogP contribution in [0.4, 0.5) is 5.69 Å². The molecule has 0 aliphatic rings. The molecule has 3 rings (SSSR count). The van der Waals surface area contributed by atoms with Crippen LogP contribution in [0.2, 0.25) is 0 Å². The van der Waals surface area contributed by atoms with Crippen molar-refractivity contribution in [3.05, 3.63) is 48.0 Å². The van der Waals surface area contributed by atoms with E-state index in [0.717, 1.165) is 15.6 Å². The van der Waals surface area contributed by atoms with Crippen molar-refractivity contribution < 1.29 is 17.6 Å². The van der Waals surface area contributed by atoms with Gasteiger partial charge in [0.15, 0.2) is 5.58 Å². The van der Waals surface area contributed by atoms with E-state index >= 15 is 0 Å². The van der Waals surface area contributed by atoms with E-state index in [9.17, 15) is 13.2 Å². The highest BCUT2D eigenvalue weighted by Crippen LogP contribution is 2.29. The van der Waals surface area contributed by atoms with Crippen LogP contribution in [0.5, 0.6) is 0 Å². The van der Waals surface area contributed by atoms with Crippen LogP contribution in [-0.2, 0) is 14.8 Å². The van der Waals surface area contributed by atoms with Gasteiger partial charge in [-0.05, 0) is 44.2 Å². The number of nitrogens with zero attached hydrogens (tertiary/aromatic N) is 2. The second-order valence-electron chi connectivity index (χ2n) is 6.51. The van der Waals surface area contributed by atoms with Crippen molar-refractivity contribution in [3.63, 3.8) is 0 Å². The first kappa shape index (κ1) is 20.4. The van der Waals surface area contributed by atoms with Gasteiger partial charge in [-0.1, -0.05) is 29.5 Å². The molecular formula is C19H21N3O4S2. The quantitative estimate of drug-likeness (QED) is 0.615. The molecule has 0 aliphatic carbocycles. The maximum absolute atomic E-state index is 12.4. The van der Waals surface area contributed by atoms with Crippen molar-refractivity contribution in [1.82, 2.24) is 9.29 Å². The van der Waals surface area contributed by atoms with Crippen LogP contribution >= 0.6 is 11.8 Å². The monoisotopic (exact) mass is 419 g/mol. The van der Waals surface area contributed by atoms with Crippen molar-refractivity contribution in [2.45, 2.75) is 29.2 Å². The van der Waals surface area contributed by atoms with Crippen LogP contribution < -0.4 is 5.32 Å². The lowest BCUT2D eigenvalue weighted by Crippen LogP contribution is -2.22. The molecule has 148 valence electrons. The van der Waals surface area contributed by atoms with Crippen LogP contribution in [0.25, 0.3) is 11.1 Å². The summed E-state index contributed by atoms with van der Waals surface area (Å²) in [6.07, 6.45) is 0. The minimum Gasteiger partial charge on any atom is -0.431 e. The molecule has 3 aromatic rings. The van der Waals surface area contributed by atoms with Crippen molar-refractivity contribution in [2.75, 3.05) is 19.4 Å². The molecule has 0 unspecified atom stereocenters. The number of aryl methyl sites for hydroxylation is 1. The number of benzene rings is 2. The summed E-state index contributed by atoms with van der Waals surface area (Å²) in [6.45, 7) is 3.73. The zero-order valence-corrected chi connectivity index (χ0v) is 17.6. The van der Waals surface area contributed by atoms with E-state index in [0.29, 0.717) is 16.3 Å². The molecule has 0 bridgehead atoms. The molecule has 1 aromatic heterocycles. The standard InChI is InChI=1S/C19H21N3O4S2/c1-12-5-7-14(8-6-12)20-18(23)13(2)27-19-21-16-11-15(9-10-17(16)26-19)28(24,25)22(3)4/h5-11,13H,1-4H3,(H,20,23)/t13-/m1/s1. The Labute approximate surface area is 168 Å². The van der Waals surface area contributed by atoms with Gasteiger partial charge in [-0.2, -0.15) is 0 Å². The van der Waals surface area contributed by atoms with E-state index in [4.69, 9.17) is 4.42 Å². The van der Waals surface area contributed by atoms with Gasteiger partial charge < -0.3 is 9.73 Å². The van der Waals surface area contributed by atoms with Gasteiger partial charge in [-0.3, -0.25) is 4.79 Å². The second kappa shape index (κ2) is 7.94. The zero-order chi connectivity index (χ0) is 20.5. The molecule has 1 amide bonds. The van der Waals surface area contributed by atoms with Crippen LogP contribution in [0.1, 0.15) is 12.5 Å². The summed E-state index contributed by atoms with van der Waals surface area (Å²) in [5.74, 6) is -0.174. The lowest BCUT2D eigenvalue weighted by molar-refractivity contribution is -0.115. The number of aromatic nitrogens is 1. The average Bonchev–Trinajstić information content (AvgIpc) is 3.04. The first-order valence-electron chi connectivity index (χ1n) is 8.54. The van der Waals surface area contributed by atoms with Crippen LogP contribution in [0, 0.1) is 6.92 Å². The van der Waals surface area contributed by atoms with E-state index < -0.39 is 15.3 Å². The third kappa shape index (κ3) is 4.37. The Hall–Kier alpha value is -2.36. The molecular weight excluding hydrogens is 398 g/mol. The number of fused-ring (bicyclic) bond motifs is 1. The fourth-order valence-electron chi connectivity index (χ4n) is 2.39. The Bertz CT molecular complexity index is 1110. The summed E-state index contributed by atoms with van der Waals surface area (Å²) in [5.41, 5.74) is 2.73. The van der Waals surface area contributed by atoms with Gasteiger partial charge in [0.1, 0.15) is 5.52 Å². The van der Waals surface area contributed by atoms with Gasteiger partial charge in [0.25, 0.3) is 5.22 Å². The zero-order valence-electron chi connectivity index (χ0n) is 16.0. The summed E-state index contributed by atoms with van der Waals surface area (Å²) >= 11 is 1.17. The van der Waals surface area contributed by atoms with Crippen molar-refractivity contribution in [2.24, 2.45) is 0 Å². The molecule has 0 radical (unpaired) electrons. The van der Waals surface area contributed by atoms with Crippen molar-refractivity contribution in [1.29, 1.82) is 0 Å². The maximum Gasteiger partial charge on any atom is 0.257 e. The number of hydrogen-bond donors (Lipinski definition) is 1. The molecule has 0 spiro atoms. The maximum atomic E-state index is 12.4. The molecule has 9 heteroatoms. The number of sulfonamides is 1. The molecule has 1 N–H and O–H groups in total. The van der Waals surface area contributed by atoms with Gasteiger partial charge >= 0.3 is 0 Å². The number of thioether (sulfide) groups is 1. The van der Waals surface area contributed by atoms with E-state index in [2.05, 4.69) is 10.3 Å². The predicted molar refractivity (Wildman–Crippen MR) is 110 cm³/mol. The number of nitrogens with one attached hydrogen (secondary N) is 1. The van der Waals surface area contributed by atoms with Gasteiger partial charge in [0, 0.05) is 19.8 Å². The Balaban J connectivity index is 1.74. The van der Waals surface area contributed by atoms with E-state index in [1.165, 1.54) is 38.0 Å². The second-order valence-corrected chi connectivity index (χ2v) is 9.96. The number of carbonyl (C=O) groups is 1. The van der Waals surface area contributed by atoms with Crippen LogP contribution in [-0.4, -0.2) is 43.0 Å². The number of rotatable bonds is 6. The Morgan fingerprint density at radius 2 is 1.86 bits per heavy atom. The highest BCUT2D eigenvalue weighted by atomic mass is 32.2. The van der Waals surface area contributed by atoms with Crippen LogP contribution in [0.15, 0.2) is 57.0 Å². The average molecular weight is 420 g/mol. The van der Waals surface area contributed by atoms with Gasteiger partial charge in [0.2, 0.25) is 15.9 Å². The van der Waals surface area contributed by atoms with E-state index in [1.807, 2.05) is 31.2 Å². The summed E-state index contributed by atoms with van der Waals surface area (Å²) < 4.78 is 31.3. The number of carbonyl (C=O) groups excluding carboxylic acids is 1. The number of oxazole rings is 1. The normalized spacial score (nSPS) is 13.0. The summed E-state index contributed by atoms with van der Waals surface area (Å²) in [5, 5.41) is 2.71. The Morgan fingerprint density at radius 1 is 1.18 bits per heavy atom. The number of amides is 1. The van der Waals surface area contributed by atoms with Crippen LogP contribution in [0.3, 0.4) is 0 Å². The first-order chi connectivity index (χ1) is 13.2. The summed E-state index contributed by atoms with van der Waals surface area (Å²) in [7, 11) is -0.612. The van der Waals surface area contributed by atoms with E-state index in [1.54, 1.807) is 13.0 Å². The Morgan fingerprint density at radius 3 is 2.50 bits per heavy atom. The highest BCUT2D eigenvalue weighted by molar-refractivity contribution is 8.00. The first-order valence-corrected chi connectivity index (χ1v) is 10.9. The molecule has 0 saturated carbocycles. The summed E-state index contributed by atoms with van der Waals surface area (Å²) in [6, 6.07) is 12.1. The third-order valence-electron chi connectivity index (χ3n) is 4.08. The number of anilines is 1. The third-order valence-corrected chi connectivity index (χ3v) is 6.84. The lowest BCUT2D eigenvalue weighted by Gasteiger charge is -2.10. The van der Waals surface area contributed by atoms with Gasteiger partial charge in [0.05, 0.1) is 10.1 Å². The molecule has 0 aliphatic heterocycles. The minimum atomic E-state index is -3.55. The van der Waals surface area contributed by atoms with E-state index in [-0.39, 0.29) is 10.8 Å². The van der Waals surface area contributed by atoms with Crippen molar-refractivity contribution >= 4 is 44.5 Å². The molecule has 2 aromatic carbocycles. The molecule has 0 fully saturated rings. The minimum absolute atomic E-state index is 0.139. The molecule has 1 heterocycles. The smallest absolute Gasteiger partial charge is 0.257 e. The number of hydrogen-bond acceptors (Lipinski definition) is 6. The highest BCUT2D eigenvalue weighted by Gasteiger charge is 2.21. The van der Waals surface area contributed by atoms with Crippen molar-refractivity contribution in [3.8, 4) is 0 Å². The van der Waals surface area contributed by atoms with Gasteiger partial charge in [-0.15, -0.1) is 0 Å². The largest absolute Gasteiger partial charge is 0.431 e. The fraction of sp³-hybridized carbons (Fsp3) is 0.263. The predicted octanol–water partition coefficient (Wildman–Crippen LogP) is 3.51. The van der Waals surface area contributed by atoms with Gasteiger partial charge in [-0.25, -0.2) is 17.7 Å². The molecule has 1 atom stereocenters. The topological polar surface area (TPSA) is 92.5 Å². The molecule has 28 heavy (non-hydrogen) atoms. The molecule has 7 nitrogen and oxygen atoms in total. The molecule has 0 saturated heterocycles.